The first-order valence-electron chi connectivity index (χ1n) is 6.82. The van der Waals surface area contributed by atoms with Crippen LogP contribution in [0.4, 0.5) is 0 Å². The van der Waals surface area contributed by atoms with Crippen molar-refractivity contribution in [2.45, 2.75) is 12.8 Å². The Bertz CT molecular complexity index is 710. The first-order valence-corrected chi connectivity index (χ1v) is 7.20. The Morgan fingerprint density at radius 1 is 1.38 bits per heavy atom. The van der Waals surface area contributed by atoms with Gasteiger partial charge in [-0.25, -0.2) is 0 Å². The van der Waals surface area contributed by atoms with E-state index in [9.17, 15) is 9.59 Å². The van der Waals surface area contributed by atoms with Crippen LogP contribution in [0.3, 0.4) is 0 Å². The van der Waals surface area contributed by atoms with E-state index in [0.29, 0.717) is 24.4 Å². The largest absolute Gasteiger partial charge is 0.481 e. The lowest BCUT2D eigenvalue weighted by molar-refractivity contribution is -0.140. The van der Waals surface area contributed by atoms with Gasteiger partial charge in [0.15, 0.2) is 0 Å². The number of nitrogens with one attached hydrogen (secondary N) is 2. The number of aliphatic carboxylic acids is 1. The van der Waals surface area contributed by atoms with Gasteiger partial charge in [0.1, 0.15) is 0 Å². The molecular weight excluding hydrogens is 292 g/mol. The molecule has 3 rings (SSSR count). The van der Waals surface area contributed by atoms with E-state index in [4.69, 9.17) is 16.7 Å². The molecule has 1 fully saturated rings. The monoisotopic (exact) mass is 306 g/mol. The molecule has 0 spiro atoms. The molecule has 1 amide bonds. The number of aromatic nitrogens is 1. The number of hydrogen-bond acceptors (Lipinski definition) is 2. The third-order valence-electron chi connectivity index (χ3n) is 3.87. The zero-order valence-corrected chi connectivity index (χ0v) is 12.0. The Hall–Kier alpha value is -2.01. The highest BCUT2D eigenvalue weighted by molar-refractivity contribution is 6.31. The number of carbonyl (C=O) groups is 2. The fourth-order valence-corrected chi connectivity index (χ4v) is 2.74. The number of carboxylic acids is 1. The molecule has 1 heterocycles. The van der Waals surface area contributed by atoms with Gasteiger partial charge in [-0.05, 0) is 36.6 Å². The molecule has 110 valence electrons. The molecule has 1 aromatic heterocycles. The number of fused-ring (bicyclic) bond motifs is 1. The highest BCUT2D eigenvalue weighted by Crippen LogP contribution is 2.38. The summed E-state index contributed by atoms with van der Waals surface area (Å²) in [5.74, 6) is -1.92. The van der Waals surface area contributed by atoms with Gasteiger partial charge in [0.25, 0.3) is 0 Å². The smallest absolute Gasteiger partial charge is 0.307 e. The standard InChI is InChI=1S/C15H15ClN2O3/c16-9-1-2-13-10(5-9)8(7-18-13)3-4-17-14(19)11-6-12(11)15(20)21/h1-2,5,7,11-12,18H,3-4,6H2,(H,17,19)(H,20,21)/t11-,12+/m0/s1. The lowest BCUT2D eigenvalue weighted by Crippen LogP contribution is -2.28. The highest BCUT2D eigenvalue weighted by atomic mass is 35.5. The summed E-state index contributed by atoms with van der Waals surface area (Å²) >= 11 is 5.99. The number of rotatable bonds is 5. The first kappa shape index (κ1) is 13.9. The number of halogens is 1. The Kier molecular flexibility index (Phi) is 3.59. The fourth-order valence-electron chi connectivity index (χ4n) is 2.57. The Labute approximate surface area is 126 Å². The quantitative estimate of drug-likeness (QED) is 0.792. The molecule has 0 unspecified atom stereocenters. The predicted octanol–water partition coefficient (Wildman–Crippen LogP) is 2.20. The number of carboxylic acid groups (broad SMARTS) is 1. The van der Waals surface area contributed by atoms with Crippen molar-refractivity contribution in [1.82, 2.24) is 10.3 Å². The minimum absolute atomic E-state index is 0.166. The lowest BCUT2D eigenvalue weighted by atomic mass is 10.1. The average molecular weight is 307 g/mol. The van der Waals surface area contributed by atoms with Crippen LogP contribution in [0, 0.1) is 11.8 Å². The summed E-state index contributed by atoms with van der Waals surface area (Å²) in [6.45, 7) is 0.487. The van der Waals surface area contributed by atoms with Gasteiger partial charge in [-0.2, -0.15) is 0 Å². The molecule has 21 heavy (non-hydrogen) atoms. The zero-order chi connectivity index (χ0) is 15.0. The third kappa shape index (κ3) is 2.88. The molecule has 2 atom stereocenters. The Morgan fingerprint density at radius 2 is 2.19 bits per heavy atom. The van der Waals surface area contributed by atoms with Crippen molar-refractivity contribution in [3.8, 4) is 0 Å². The van der Waals surface area contributed by atoms with E-state index in [2.05, 4.69) is 10.3 Å². The summed E-state index contributed by atoms with van der Waals surface area (Å²) in [7, 11) is 0. The molecule has 2 aromatic rings. The van der Waals surface area contributed by atoms with Crippen LogP contribution in [0.15, 0.2) is 24.4 Å². The summed E-state index contributed by atoms with van der Waals surface area (Å²) < 4.78 is 0. The minimum Gasteiger partial charge on any atom is -0.481 e. The van der Waals surface area contributed by atoms with Crippen LogP contribution in [0.2, 0.25) is 5.02 Å². The second kappa shape index (κ2) is 5.41. The van der Waals surface area contributed by atoms with E-state index in [1.54, 1.807) is 0 Å². The summed E-state index contributed by atoms with van der Waals surface area (Å²) in [5.41, 5.74) is 2.09. The third-order valence-corrected chi connectivity index (χ3v) is 4.10. The molecule has 5 nitrogen and oxygen atoms in total. The molecule has 3 N–H and O–H groups in total. The van der Waals surface area contributed by atoms with Gasteiger partial charge in [0, 0.05) is 28.7 Å². The van der Waals surface area contributed by atoms with Crippen molar-refractivity contribution < 1.29 is 14.7 Å². The number of H-pyrrole nitrogens is 1. The van der Waals surface area contributed by atoms with E-state index in [-0.39, 0.29) is 11.8 Å². The minimum atomic E-state index is -0.888. The van der Waals surface area contributed by atoms with Gasteiger partial charge in [-0.15, -0.1) is 0 Å². The van der Waals surface area contributed by atoms with Gasteiger partial charge in [-0.3, -0.25) is 9.59 Å². The molecule has 0 saturated heterocycles. The molecular formula is C15H15ClN2O3. The maximum absolute atomic E-state index is 11.8. The second-order valence-electron chi connectivity index (χ2n) is 5.33. The molecule has 1 aliphatic rings. The van der Waals surface area contributed by atoms with Crippen LogP contribution in [-0.2, 0) is 16.0 Å². The van der Waals surface area contributed by atoms with Crippen molar-refractivity contribution in [2.75, 3.05) is 6.54 Å². The fraction of sp³-hybridized carbons (Fsp3) is 0.333. The van der Waals surface area contributed by atoms with E-state index >= 15 is 0 Å². The van der Waals surface area contributed by atoms with Gasteiger partial charge < -0.3 is 15.4 Å². The average Bonchev–Trinajstić information content (AvgIpc) is 3.16. The molecule has 1 aromatic carbocycles. The van der Waals surface area contributed by atoms with Crippen molar-refractivity contribution >= 4 is 34.4 Å². The van der Waals surface area contributed by atoms with E-state index in [0.717, 1.165) is 16.5 Å². The normalized spacial score (nSPS) is 20.4. The summed E-state index contributed by atoms with van der Waals surface area (Å²) in [5, 5.41) is 13.3. The number of benzene rings is 1. The van der Waals surface area contributed by atoms with Crippen LogP contribution in [0.5, 0.6) is 0 Å². The van der Waals surface area contributed by atoms with Crippen LogP contribution >= 0.6 is 11.6 Å². The lowest BCUT2D eigenvalue weighted by Gasteiger charge is -2.04. The number of hydrogen-bond donors (Lipinski definition) is 3. The van der Waals surface area contributed by atoms with Crippen molar-refractivity contribution in [3.63, 3.8) is 0 Å². The molecule has 1 aliphatic carbocycles. The van der Waals surface area contributed by atoms with E-state index in [1.165, 1.54) is 0 Å². The SMILES string of the molecule is O=C(NCCc1c[nH]c2ccc(Cl)cc12)[C@H]1C[C@H]1C(=O)O. The Balaban J connectivity index is 1.56. The number of carbonyl (C=O) groups excluding carboxylic acids is 1. The maximum Gasteiger partial charge on any atom is 0.307 e. The molecule has 6 heteroatoms. The van der Waals surface area contributed by atoms with Crippen LogP contribution in [0.25, 0.3) is 10.9 Å². The van der Waals surface area contributed by atoms with Crippen molar-refractivity contribution in [3.05, 3.63) is 35.0 Å². The van der Waals surface area contributed by atoms with Gasteiger partial charge in [-0.1, -0.05) is 11.6 Å². The van der Waals surface area contributed by atoms with Crippen molar-refractivity contribution in [2.24, 2.45) is 11.8 Å². The van der Waals surface area contributed by atoms with Crippen LogP contribution in [-0.4, -0.2) is 28.5 Å². The predicted molar refractivity (Wildman–Crippen MR) is 79.3 cm³/mol. The highest BCUT2D eigenvalue weighted by Gasteiger charge is 2.48. The Morgan fingerprint density at radius 3 is 2.90 bits per heavy atom. The van der Waals surface area contributed by atoms with Gasteiger partial charge in [0.05, 0.1) is 11.8 Å². The number of amides is 1. The topological polar surface area (TPSA) is 82.2 Å². The summed E-state index contributed by atoms with van der Waals surface area (Å²) in [6, 6.07) is 5.64. The van der Waals surface area contributed by atoms with E-state index in [1.807, 2.05) is 24.4 Å². The zero-order valence-electron chi connectivity index (χ0n) is 11.2. The maximum atomic E-state index is 11.8. The molecule has 0 aliphatic heterocycles. The van der Waals surface area contributed by atoms with Crippen molar-refractivity contribution in [1.29, 1.82) is 0 Å². The van der Waals surface area contributed by atoms with Crippen LogP contribution in [0.1, 0.15) is 12.0 Å². The summed E-state index contributed by atoms with van der Waals surface area (Å²) in [4.78, 5) is 25.6. The summed E-state index contributed by atoms with van der Waals surface area (Å²) in [6.07, 6.45) is 3.03. The molecule has 1 saturated carbocycles. The molecule has 0 radical (unpaired) electrons. The van der Waals surface area contributed by atoms with Crippen LogP contribution < -0.4 is 5.32 Å². The van der Waals surface area contributed by atoms with Gasteiger partial charge in [0.2, 0.25) is 5.91 Å². The molecule has 0 bridgehead atoms. The first-order chi connectivity index (χ1) is 10.1. The number of aromatic amines is 1. The van der Waals surface area contributed by atoms with E-state index < -0.39 is 11.9 Å². The van der Waals surface area contributed by atoms with Gasteiger partial charge >= 0.3 is 5.97 Å². The second-order valence-corrected chi connectivity index (χ2v) is 5.77.